The molecule has 0 unspecified atom stereocenters. The molecule has 20 heavy (non-hydrogen) atoms. The summed E-state index contributed by atoms with van der Waals surface area (Å²) >= 11 is 0. The minimum atomic E-state index is -2.16. The highest BCUT2D eigenvalue weighted by atomic mass is 29.3. The van der Waals surface area contributed by atoms with Gasteiger partial charge in [-0.3, -0.25) is 0 Å². The first kappa shape index (κ1) is 14.4. The Kier molecular flexibility index (Phi) is 4.00. The van der Waals surface area contributed by atoms with E-state index in [1.165, 1.54) is 10.4 Å². The smallest absolute Gasteiger partial charge is 0.131 e. The second kappa shape index (κ2) is 5.55. The maximum Gasteiger partial charge on any atom is 0.175 e. The summed E-state index contributed by atoms with van der Waals surface area (Å²) in [5.74, 6) is 0. The van der Waals surface area contributed by atoms with Crippen LogP contribution in [0.25, 0.3) is 0 Å². The second-order valence-corrected chi connectivity index (χ2v) is 17.5. The molecule has 2 aromatic carbocycles. The third-order valence-corrected chi connectivity index (χ3v) is 19.0. The predicted octanol–water partition coefficient (Wildman–Crippen LogP) is 2.38. The summed E-state index contributed by atoms with van der Waals surface area (Å²) in [6, 6.07) is 20.8. The van der Waals surface area contributed by atoms with Gasteiger partial charge in [0.05, 0.1) is 0 Å². The Bertz CT molecular complexity index is 603. The summed E-state index contributed by atoms with van der Waals surface area (Å²) in [5, 5.41) is 2.52. The van der Waals surface area contributed by atoms with E-state index in [0.29, 0.717) is 0 Å². The maximum atomic E-state index is 5.99. The molecule has 0 aliphatic carbocycles. The van der Waals surface area contributed by atoms with E-state index in [9.17, 15) is 0 Å². The van der Waals surface area contributed by atoms with Crippen molar-refractivity contribution in [3.05, 3.63) is 60.7 Å². The highest BCUT2D eigenvalue weighted by Gasteiger charge is 2.49. The Morgan fingerprint density at radius 2 is 0.950 bits per heavy atom. The molecule has 0 nitrogen and oxygen atoms in total. The molecule has 2 aromatic rings. The van der Waals surface area contributed by atoms with Crippen LogP contribution in [0, 0.1) is 23.9 Å². The van der Waals surface area contributed by atoms with Crippen LogP contribution in [0.15, 0.2) is 60.7 Å². The van der Waals surface area contributed by atoms with Crippen LogP contribution in [-0.4, -0.2) is 15.2 Å². The van der Waals surface area contributed by atoms with E-state index in [4.69, 9.17) is 12.8 Å². The molecule has 0 spiro atoms. The fourth-order valence-corrected chi connectivity index (χ4v) is 12.6. The number of terminal acetylenes is 2. The van der Waals surface area contributed by atoms with Crippen molar-refractivity contribution in [3.63, 3.8) is 0 Å². The van der Waals surface area contributed by atoms with Crippen LogP contribution in [0.3, 0.4) is 0 Å². The van der Waals surface area contributed by atoms with E-state index in [1.54, 1.807) is 0 Å². The molecule has 0 bridgehead atoms. The molecule has 0 aliphatic rings. The van der Waals surface area contributed by atoms with Gasteiger partial charge in [-0.15, -0.1) is 23.9 Å². The van der Waals surface area contributed by atoms with Crippen molar-refractivity contribution in [1.29, 1.82) is 0 Å². The van der Waals surface area contributed by atoms with E-state index >= 15 is 0 Å². The highest BCUT2D eigenvalue weighted by Crippen LogP contribution is 2.18. The third kappa shape index (κ3) is 2.14. The Morgan fingerprint density at radius 1 is 0.650 bits per heavy atom. The Balaban J connectivity index is 2.66. The number of benzene rings is 2. The van der Waals surface area contributed by atoms with Crippen LogP contribution in [0.2, 0.25) is 13.1 Å². The van der Waals surface area contributed by atoms with Crippen LogP contribution in [0.1, 0.15) is 0 Å². The molecule has 0 aliphatic heterocycles. The van der Waals surface area contributed by atoms with Gasteiger partial charge < -0.3 is 0 Å². The molecule has 2 rings (SSSR count). The molecule has 2 heteroatoms. The van der Waals surface area contributed by atoms with Crippen LogP contribution < -0.4 is 10.4 Å². The SMILES string of the molecule is C#C[Si@@](C)(c1ccccc1)[Si@](C)(C#C)c1ccccc1. The van der Waals surface area contributed by atoms with Crippen molar-refractivity contribution in [1.82, 2.24) is 0 Å². The quantitative estimate of drug-likeness (QED) is 0.601. The van der Waals surface area contributed by atoms with Crippen LogP contribution >= 0.6 is 0 Å². The first-order chi connectivity index (χ1) is 9.58. The minimum Gasteiger partial charge on any atom is -0.131 e. The standard InChI is InChI=1S/C18H18Si2/c1-5-19(3,17-13-9-7-10-14-17)20(4,6-2)18-15-11-8-12-16-18/h1-2,7-16H,3-4H3/t19-,20+. The van der Waals surface area contributed by atoms with Gasteiger partial charge in [0.15, 0.2) is 15.2 Å². The van der Waals surface area contributed by atoms with E-state index in [1.807, 2.05) is 36.4 Å². The van der Waals surface area contributed by atoms with E-state index in [2.05, 4.69) is 48.4 Å². The van der Waals surface area contributed by atoms with Gasteiger partial charge in [-0.05, 0) is 10.4 Å². The molecule has 0 saturated carbocycles. The summed E-state index contributed by atoms with van der Waals surface area (Å²) < 4.78 is 0. The zero-order chi connectivity index (χ0) is 14.6. The lowest BCUT2D eigenvalue weighted by molar-refractivity contribution is 1.72. The summed E-state index contributed by atoms with van der Waals surface area (Å²) in [5.41, 5.74) is 6.29. The van der Waals surface area contributed by atoms with Crippen LogP contribution in [-0.2, 0) is 0 Å². The zero-order valence-electron chi connectivity index (χ0n) is 11.9. The first-order valence-corrected chi connectivity index (χ1v) is 12.6. The van der Waals surface area contributed by atoms with Crippen molar-refractivity contribution in [2.45, 2.75) is 13.1 Å². The normalized spacial score (nSPS) is 16.2. The van der Waals surface area contributed by atoms with E-state index in [-0.39, 0.29) is 0 Å². The monoisotopic (exact) mass is 290 g/mol. The molecule has 0 heterocycles. The van der Waals surface area contributed by atoms with Gasteiger partial charge in [0.25, 0.3) is 0 Å². The van der Waals surface area contributed by atoms with Crippen molar-refractivity contribution in [3.8, 4) is 23.9 Å². The van der Waals surface area contributed by atoms with Crippen molar-refractivity contribution < 1.29 is 0 Å². The predicted molar refractivity (Wildman–Crippen MR) is 93.1 cm³/mol. The largest absolute Gasteiger partial charge is 0.175 e. The van der Waals surface area contributed by atoms with Gasteiger partial charge in [0, 0.05) is 0 Å². The molecule has 0 fully saturated rings. The van der Waals surface area contributed by atoms with Crippen LogP contribution in [0.5, 0.6) is 0 Å². The molecular weight excluding hydrogens is 272 g/mol. The average Bonchev–Trinajstić information content (AvgIpc) is 2.54. The molecule has 2 atom stereocenters. The molecule has 0 N–H and O–H groups in total. The fourth-order valence-electron chi connectivity index (χ4n) is 2.58. The number of rotatable bonds is 3. The Morgan fingerprint density at radius 3 is 1.20 bits per heavy atom. The highest BCUT2D eigenvalue weighted by molar-refractivity contribution is 7.56. The summed E-state index contributed by atoms with van der Waals surface area (Å²) in [6.45, 7) is 4.48. The van der Waals surface area contributed by atoms with Gasteiger partial charge in [-0.25, -0.2) is 0 Å². The Labute approximate surface area is 123 Å². The van der Waals surface area contributed by atoms with Gasteiger partial charge in [0.1, 0.15) is 0 Å². The lowest BCUT2D eigenvalue weighted by atomic mass is 10.4. The van der Waals surface area contributed by atoms with Crippen molar-refractivity contribution in [2.24, 2.45) is 0 Å². The number of hydrogen-bond donors (Lipinski definition) is 0. The lowest BCUT2D eigenvalue weighted by Crippen LogP contribution is -2.71. The van der Waals surface area contributed by atoms with Crippen LogP contribution in [0.4, 0.5) is 0 Å². The van der Waals surface area contributed by atoms with Crippen molar-refractivity contribution in [2.75, 3.05) is 0 Å². The molecular formula is C18H18Si2. The molecule has 0 saturated heterocycles. The summed E-state index contributed by atoms with van der Waals surface area (Å²) in [7, 11) is -4.33. The molecule has 98 valence electrons. The summed E-state index contributed by atoms with van der Waals surface area (Å²) in [4.78, 5) is 0. The van der Waals surface area contributed by atoms with E-state index in [0.717, 1.165) is 0 Å². The van der Waals surface area contributed by atoms with Gasteiger partial charge >= 0.3 is 0 Å². The number of hydrogen-bond acceptors (Lipinski definition) is 0. The topological polar surface area (TPSA) is 0 Å². The van der Waals surface area contributed by atoms with Gasteiger partial charge in [0.2, 0.25) is 0 Å². The van der Waals surface area contributed by atoms with E-state index < -0.39 is 15.2 Å². The fraction of sp³-hybridized carbons (Fsp3) is 0.111. The first-order valence-electron chi connectivity index (χ1n) is 6.65. The molecule has 0 radical (unpaired) electrons. The van der Waals surface area contributed by atoms with Gasteiger partial charge in [-0.1, -0.05) is 73.8 Å². The maximum absolute atomic E-state index is 5.99. The minimum absolute atomic E-state index is 1.26. The second-order valence-electron chi connectivity index (χ2n) is 5.27. The van der Waals surface area contributed by atoms with Crippen molar-refractivity contribution >= 4 is 25.6 Å². The Hall–Kier alpha value is -2.01. The average molecular weight is 291 g/mol. The lowest BCUT2D eigenvalue weighted by Gasteiger charge is -2.36. The molecule has 0 aromatic heterocycles. The third-order valence-electron chi connectivity index (χ3n) is 4.28. The van der Waals surface area contributed by atoms with Gasteiger partial charge in [-0.2, -0.15) is 0 Å². The zero-order valence-corrected chi connectivity index (χ0v) is 13.9. The summed E-state index contributed by atoms with van der Waals surface area (Å²) in [6.07, 6.45) is 12.0. The molecule has 0 amide bonds.